The number of benzene rings is 1. The van der Waals surface area contributed by atoms with Gasteiger partial charge in [0, 0.05) is 4.88 Å². The van der Waals surface area contributed by atoms with Crippen LogP contribution in [0.25, 0.3) is 0 Å². The molecule has 0 aliphatic carbocycles. The van der Waals surface area contributed by atoms with Gasteiger partial charge >= 0.3 is 5.97 Å². The molecule has 0 radical (unpaired) electrons. The number of hydrogen-bond acceptors (Lipinski definition) is 2. The van der Waals surface area contributed by atoms with Crippen molar-refractivity contribution in [1.29, 1.82) is 0 Å². The number of rotatable bonds is 6. The molecule has 2 aromatic rings. The molecule has 3 heteroatoms. The molecule has 0 saturated carbocycles. The van der Waals surface area contributed by atoms with E-state index in [1.165, 1.54) is 10.4 Å². The van der Waals surface area contributed by atoms with Gasteiger partial charge in [0.1, 0.15) is 0 Å². The highest BCUT2D eigenvalue weighted by atomic mass is 32.1. The molecule has 0 amide bonds. The van der Waals surface area contributed by atoms with E-state index in [2.05, 4.69) is 6.07 Å². The normalized spacial score (nSPS) is 12.3. The van der Waals surface area contributed by atoms with Gasteiger partial charge in [-0.1, -0.05) is 35.9 Å². The van der Waals surface area contributed by atoms with Crippen LogP contribution in [0.15, 0.2) is 41.8 Å². The Balaban J connectivity index is 1.96. The van der Waals surface area contributed by atoms with Crippen molar-refractivity contribution in [2.45, 2.75) is 26.2 Å². The van der Waals surface area contributed by atoms with Gasteiger partial charge in [0.15, 0.2) is 0 Å². The lowest BCUT2D eigenvalue weighted by Gasteiger charge is -2.12. The standard InChI is InChI=1S/C16H18O2S/c1-12-4-6-13(7-5-12)11-14(16(17)18)8-9-15-3-2-10-19-15/h2-7,10,14H,8-9,11H2,1H3,(H,17,18). The molecule has 1 aromatic heterocycles. The average molecular weight is 274 g/mol. The minimum absolute atomic E-state index is 0.301. The van der Waals surface area contributed by atoms with Crippen molar-refractivity contribution in [2.24, 2.45) is 5.92 Å². The number of carboxylic acids is 1. The highest BCUT2D eigenvalue weighted by molar-refractivity contribution is 7.09. The third-order valence-corrected chi connectivity index (χ3v) is 4.21. The highest BCUT2D eigenvalue weighted by Crippen LogP contribution is 2.18. The Hall–Kier alpha value is -1.61. The molecule has 2 nitrogen and oxygen atoms in total. The molecule has 19 heavy (non-hydrogen) atoms. The van der Waals surface area contributed by atoms with E-state index in [-0.39, 0.29) is 5.92 Å². The second-order valence-corrected chi connectivity index (χ2v) is 5.88. The SMILES string of the molecule is Cc1ccc(CC(CCc2cccs2)C(=O)O)cc1. The van der Waals surface area contributed by atoms with Crippen LogP contribution in [0.5, 0.6) is 0 Å². The van der Waals surface area contributed by atoms with E-state index in [1.807, 2.05) is 42.6 Å². The second-order valence-electron chi connectivity index (χ2n) is 4.84. The largest absolute Gasteiger partial charge is 0.481 e. The summed E-state index contributed by atoms with van der Waals surface area (Å²) < 4.78 is 0. The highest BCUT2D eigenvalue weighted by Gasteiger charge is 2.18. The summed E-state index contributed by atoms with van der Waals surface area (Å²) in [7, 11) is 0. The second kappa shape index (κ2) is 6.53. The van der Waals surface area contributed by atoms with Crippen molar-refractivity contribution in [1.82, 2.24) is 0 Å². The minimum Gasteiger partial charge on any atom is -0.481 e. The summed E-state index contributed by atoms with van der Waals surface area (Å²) in [5.41, 5.74) is 2.30. The smallest absolute Gasteiger partial charge is 0.306 e. The third kappa shape index (κ3) is 4.21. The molecule has 2 rings (SSSR count). The lowest BCUT2D eigenvalue weighted by molar-refractivity contribution is -0.141. The fourth-order valence-corrected chi connectivity index (χ4v) is 2.82. The van der Waals surface area contributed by atoms with Gasteiger partial charge < -0.3 is 5.11 Å². The molecule has 0 fully saturated rings. The number of carbonyl (C=O) groups is 1. The first-order chi connectivity index (χ1) is 9.15. The fourth-order valence-electron chi connectivity index (χ4n) is 2.09. The van der Waals surface area contributed by atoms with E-state index in [0.717, 1.165) is 12.0 Å². The molecule has 0 saturated heterocycles. The summed E-state index contributed by atoms with van der Waals surface area (Å²) in [6, 6.07) is 12.2. The van der Waals surface area contributed by atoms with Gasteiger partial charge in [-0.2, -0.15) is 0 Å². The quantitative estimate of drug-likeness (QED) is 0.866. The molecule has 1 N–H and O–H groups in total. The van der Waals surface area contributed by atoms with Gasteiger partial charge in [0.05, 0.1) is 5.92 Å². The van der Waals surface area contributed by atoms with Gasteiger partial charge in [0.2, 0.25) is 0 Å². The first-order valence-electron chi connectivity index (χ1n) is 6.46. The van der Waals surface area contributed by atoms with Crippen molar-refractivity contribution in [3.05, 3.63) is 57.8 Å². The first kappa shape index (κ1) is 13.8. The van der Waals surface area contributed by atoms with E-state index < -0.39 is 5.97 Å². The summed E-state index contributed by atoms with van der Waals surface area (Å²) >= 11 is 1.69. The van der Waals surface area contributed by atoms with Crippen molar-refractivity contribution in [2.75, 3.05) is 0 Å². The molecular formula is C16H18O2S. The molecule has 100 valence electrons. The van der Waals surface area contributed by atoms with Crippen LogP contribution in [0.1, 0.15) is 22.4 Å². The number of hydrogen-bond donors (Lipinski definition) is 1. The molecule has 0 spiro atoms. The minimum atomic E-state index is -0.697. The van der Waals surface area contributed by atoms with Crippen molar-refractivity contribution < 1.29 is 9.90 Å². The summed E-state index contributed by atoms with van der Waals surface area (Å²) in [5.74, 6) is -0.998. The molecule has 1 unspecified atom stereocenters. The van der Waals surface area contributed by atoms with Gasteiger partial charge in [-0.15, -0.1) is 11.3 Å². The molecule has 1 atom stereocenters. The summed E-state index contributed by atoms with van der Waals surface area (Å²) in [4.78, 5) is 12.6. The van der Waals surface area contributed by atoms with Gasteiger partial charge in [0.25, 0.3) is 0 Å². The van der Waals surface area contributed by atoms with E-state index in [0.29, 0.717) is 12.8 Å². The average Bonchev–Trinajstić information content (AvgIpc) is 2.89. The maximum Gasteiger partial charge on any atom is 0.306 e. The van der Waals surface area contributed by atoms with Gasteiger partial charge in [-0.05, 0) is 43.2 Å². The molecular weight excluding hydrogens is 256 g/mol. The van der Waals surface area contributed by atoms with E-state index in [1.54, 1.807) is 11.3 Å². The maximum absolute atomic E-state index is 11.3. The summed E-state index contributed by atoms with van der Waals surface area (Å²) in [6.45, 7) is 2.04. The maximum atomic E-state index is 11.3. The Morgan fingerprint density at radius 1 is 1.26 bits per heavy atom. The van der Waals surface area contributed by atoms with E-state index >= 15 is 0 Å². The van der Waals surface area contributed by atoms with Gasteiger partial charge in [-0.3, -0.25) is 4.79 Å². The van der Waals surface area contributed by atoms with Crippen LogP contribution >= 0.6 is 11.3 Å². The zero-order valence-corrected chi connectivity index (χ0v) is 11.8. The van der Waals surface area contributed by atoms with Crippen LogP contribution in [-0.2, 0) is 17.6 Å². The van der Waals surface area contributed by atoms with Crippen molar-refractivity contribution in [3.8, 4) is 0 Å². The topological polar surface area (TPSA) is 37.3 Å². The zero-order valence-electron chi connectivity index (χ0n) is 11.0. The number of carboxylic acid groups (broad SMARTS) is 1. The van der Waals surface area contributed by atoms with Crippen LogP contribution in [0.2, 0.25) is 0 Å². The Labute approximate surface area is 117 Å². The summed E-state index contributed by atoms with van der Waals surface area (Å²) in [6.07, 6.45) is 2.16. The Morgan fingerprint density at radius 2 is 2.00 bits per heavy atom. The van der Waals surface area contributed by atoms with E-state index in [4.69, 9.17) is 0 Å². The zero-order chi connectivity index (χ0) is 13.7. The van der Waals surface area contributed by atoms with Crippen molar-refractivity contribution >= 4 is 17.3 Å². The van der Waals surface area contributed by atoms with Gasteiger partial charge in [-0.25, -0.2) is 0 Å². The monoisotopic (exact) mass is 274 g/mol. The third-order valence-electron chi connectivity index (χ3n) is 3.27. The number of aryl methyl sites for hydroxylation is 2. The number of aliphatic carboxylic acids is 1. The lowest BCUT2D eigenvalue weighted by Crippen LogP contribution is -2.17. The van der Waals surface area contributed by atoms with E-state index in [9.17, 15) is 9.90 Å². The predicted molar refractivity (Wildman–Crippen MR) is 78.6 cm³/mol. The predicted octanol–water partition coefficient (Wildman–Crippen LogP) is 3.93. The molecule has 0 bridgehead atoms. The Kier molecular flexibility index (Phi) is 4.74. The van der Waals surface area contributed by atoms with Crippen LogP contribution < -0.4 is 0 Å². The molecule has 0 aliphatic rings. The molecule has 1 heterocycles. The molecule has 0 aliphatic heterocycles. The first-order valence-corrected chi connectivity index (χ1v) is 7.34. The van der Waals surface area contributed by atoms with Crippen LogP contribution in [0, 0.1) is 12.8 Å². The summed E-state index contributed by atoms with van der Waals surface area (Å²) in [5, 5.41) is 11.4. The fraction of sp³-hybridized carbons (Fsp3) is 0.312. The van der Waals surface area contributed by atoms with Crippen LogP contribution in [0.3, 0.4) is 0 Å². The lowest BCUT2D eigenvalue weighted by atomic mass is 9.94. The van der Waals surface area contributed by atoms with Crippen molar-refractivity contribution in [3.63, 3.8) is 0 Å². The number of thiophene rings is 1. The Morgan fingerprint density at radius 3 is 2.58 bits per heavy atom. The molecule has 1 aromatic carbocycles. The van der Waals surface area contributed by atoms with Crippen LogP contribution in [0.4, 0.5) is 0 Å². The van der Waals surface area contributed by atoms with Crippen LogP contribution in [-0.4, -0.2) is 11.1 Å². The Bertz CT molecular complexity index is 514.